The van der Waals surface area contributed by atoms with Crippen molar-refractivity contribution in [1.29, 1.82) is 0 Å². The average Bonchev–Trinajstić information content (AvgIpc) is 2.64. The van der Waals surface area contributed by atoms with E-state index in [9.17, 15) is 20.2 Å². The van der Waals surface area contributed by atoms with Gasteiger partial charge >= 0.3 is 14.2 Å². The van der Waals surface area contributed by atoms with E-state index in [1.807, 2.05) is 36.4 Å². The molecule has 0 aliphatic rings. The first-order valence-electron chi connectivity index (χ1n) is 9.65. The fourth-order valence-corrected chi connectivity index (χ4v) is 3.67. The van der Waals surface area contributed by atoms with Crippen LogP contribution in [0.1, 0.15) is 27.7 Å². The van der Waals surface area contributed by atoms with Crippen molar-refractivity contribution in [3.8, 4) is 0 Å². The van der Waals surface area contributed by atoms with Crippen molar-refractivity contribution in [2.24, 2.45) is 0 Å². The van der Waals surface area contributed by atoms with E-state index in [1.165, 1.54) is 0 Å². The normalized spacial score (nSPS) is 13.0. The lowest BCUT2D eigenvalue weighted by molar-refractivity contribution is -0.0982. The summed E-state index contributed by atoms with van der Waals surface area (Å²) in [4.78, 5) is 0. The Hall–Kier alpha value is -2.15. The molecule has 0 atom stereocenters. The van der Waals surface area contributed by atoms with Gasteiger partial charge in [0, 0.05) is 0 Å². The second-order valence-electron chi connectivity index (χ2n) is 8.73. The van der Waals surface area contributed by atoms with Crippen LogP contribution in [0.25, 0.3) is 32.3 Å². The molecule has 0 spiro atoms. The van der Waals surface area contributed by atoms with Gasteiger partial charge in [0.2, 0.25) is 0 Å². The zero-order valence-corrected chi connectivity index (χ0v) is 17.0. The molecule has 0 radical (unpaired) electrons. The monoisotopic (exact) mass is 390 g/mol. The maximum atomic E-state index is 10.7. The van der Waals surface area contributed by atoms with Crippen LogP contribution in [0.4, 0.5) is 0 Å². The summed E-state index contributed by atoms with van der Waals surface area (Å²) >= 11 is 0. The zero-order chi connectivity index (χ0) is 21.1. The Labute approximate surface area is 170 Å². The van der Waals surface area contributed by atoms with Gasteiger partial charge in [0.15, 0.2) is 0 Å². The molecule has 4 aromatic carbocycles. The van der Waals surface area contributed by atoms with Crippen molar-refractivity contribution in [1.82, 2.24) is 0 Å². The molecule has 7 heteroatoms. The lowest BCUT2D eigenvalue weighted by Crippen LogP contribution is -2.53. The Morgan fingerprint density at radius 3 is 1.41 bits per heavy atom. The third kappa shape index (κ3) is 3.39. The molecule has 0 heterocycles. The van der Waals surface area contributed by atoms with Crippen LogP contribution in [0, 0.1) is 0 Å². The molecule has 0 bridgehead atoms. The van der Waals surface area contributed by atoms with Gasteiger partial charge in [-0.3, -0.25) is 0 Å². The summed E-state index contributed by atoms with van der Waals surface area (Å²) < 4.78 is 5.81. The van der Waals surface area contributed by atoms with Crippen molar-refractivity contribution in [2.45, 2.75) is 38.9 Å². The lowest BCUT2D eigenvalue weighted by atomic mass is 9.74. The van der Waals surface area contributed by atoms with Gasteiger partial charge in [-0.1, -0.05) is 48.5 Å². The summed E-state index contributed by atoms with van der Waals surface area (Å²) in [5.41, 5.74) is -1.01. The molecule has 0 aliphatic carbocycles. The van der Waals surface area contributed by atoms with Crippen LogP contribution in [-0.4, -0.2) is 45.6 Å². The highest BCUT2D eigenvalue weighted by Crippen LogP contribution is 2.34. The molecular weight excluding hydrogens is 366 g/mol. The molecule has 0 saturated heterocycles. The van der Waals surface area contributed by atoms with Crippen LogP contribution >= 0.6 is 0 Å². The van der Waals surface area contributed by atoms with Gasteiger partial charge in [-0.05, 0) is 70.9 Å². The highest BCUT2D eigenvalue weighted by atomic mass is 16.5. The number of benzene rings is 4. The van der Waals surface area contributed by atoms with Crippen LogP contribution in [0.5, 0.6) is 0 Å². The van der Waals surface area contributed by atoms with Gasteiger partial charge in [-0.2, -0.15) is 0 Å². The van der Waals surface area contributed by atoms with E-state index in [1.54, 1.807) is 39.8 Å². The summed E-state index contributed by atoms with van der Waals surface area (Å²) in [6, 6.07) is 15.1. The van der Waals surface area contributed by atoms with E-state index in [-0.39, 0.29) is 0 Å². The maximum Gasteiger partial charge on any atom is 0.491 e. The quantitative estimate of drug-likeness (QED) is 0.307. The molecule has 4 aromatic rings. The Balaban J connectivity index is 1.85. The lowest BCUT2D eigenvalue weighted by Gasteiger charge is -2.38. The van der Waals surface area contributed by atoms with Gasteiger partial charge in [0.25, 0.3) is 0 Å². The summed E-state index contributed by atoms with van der Waals surface area (Å²) in [5.74, 6) is 0. The topological polar surface area (TPSA) is 90.2 Å². The summed E-state index contributed by atoms with van der Waals surface area (Å²) in [6.07, 6.45) is 0. The first-order valence-corrected chi connectivity index (χ1v) is 9.65. The van der Waals surface area contributed by atoms with E-state index in [4.69, 9.17) is 4.65 Å². The molecular formula is C22H24B2O5. The second-order valence-corrected chi connectivity index (χ2v) is 8.73. The third-order valence-corrected chi connectivity index (χ3v) is 6.04. The molecule has 5 nitrogen and oxygen atoms in total. The average molecular weight is 390 g/mol. The van der Waals surface area contributed by atoms with Crippen LogP contribution < -0.4 is 10.9 Å². The van der Waals surface area contributed by atoms with Crippen molar-refractivity contribution in [3.63, 3.8) is 0 Å². The molecule has 4 N–H and O–H groups in total. The van der Waals surface area contributed by atoms with E-state index in [2.05, 4.69) is 0 Å². The van der Waals surface area contributed by atoms with E-state index < -0.39 is 25.4 Å². The van der Waals surface area contributed by atoms with E-state index >= 15 is 0 Å². The van der Waals surface area contributed by atoms with E-state index in [0.717, 1.165) is 32.3 Å². The van der Waals surface area contributed by atoms with Gasteiger partial charge < -0.3 is 24.8 Å². The highest BCUT2D eigenvalue weighted by molar-refractivity contribution is 6.61. The largest absolute Gasteiger partial charge is 0.491 e. The van der Waals surface area contributed by atoms with Gasteiger partial charge in [-0.25, -0.2) is 0 Å². The molecule has 0 aromatic heterocycles. The summed E-state index contributed by atoms with van der Waals surface area (Å²) in [6.45, 7) is 6.79. The molecule has 4 rings (SSSR count). The Kier molecular flexibility index (Phi) is 4.64. The molecule has 0 unspecified atom stereocenters. The minimum absolute atomic E-state index is 0.453. The van der Waals surface area contributed by atoms with Gasteiger partial charge in [0.05, 0.1) is 11.2 Å². The minimum atomic E-state index is -1.52. The van der Waals surface area contributed by atoms with Crippen LogP contribution in [-0.2, 0) is 4.65 Å². The van der Waals surface area contributed by atoms with Crippen molar-refractivity contribution >= 4 is 57.5 Å². The Morgan fingerprint density at radius 1 is 0.690 bits per heavy atom. The first kappa shape index (κ1) is 20.1. The van der Waals surface area contributed by atoms with Gasteiger partial charge in [-0.15, -0.1) is 0 Å². The SMILES string of the molecule is CC(C)(O)C(C)(C)OB(O)c1cc2ccc3cc(B(O)O)cc4ccc(c1)c2c34. The predicted octanol–water partition coefficient (Wildman–Crippen LogP) is 1.52. The third-order valence-electron chi connectivity index (χ3n) is 6.04. The molecule has 0 fully saturated rings. The molecule has 0 amide bonds. The highest BCUT2D eigenvalue weighted by Gasteiger charge is 2.39. The van der Waals surface area contributed by atoms with Crippen molar-refractivity contribution in [3.05, 3.63) is 48.5 Å². The molecule has 29 heavy (non-hydrogen) atoms. The minimum Gasteiger partial charge on any atom is -0.423 e. The first-order chi connectivity index (χ1) is 13.5. The Bertz CT molecular complexity index is 1130. The van der Waals surface area contributed by atoms with Crippen LogP contribution in [0.2, 0.25) is 0 Å². The number of hydrogen-bond donors (Lipinski definition) is 4. The Morgan fingerprint density at radius 2 is 1.07 bits per heavy atom. The van der Waals surface area contributed by atoms with Crippen molar-refractivity contribution in [2.75, 3.05) is 0 Å². The van der Waals surface area contributed by atoms with Crippen LogP contribution in [0.3, 0.4) is 0 Å². The zero-order valence-electron chi connectivity index (χ0n) is 17.0. The van der Waals surface area contributed by atoms with E-state index in [0.29, 0.717) is 10.9 Å². The maximum absolute atomic E-state index is 10.7. The molecule has 0 saturated carbocycles. The van der Waals surface area contributed by atoms with Crippen LogP contribution in [0.15, 0.2) is 48.5 Å². The molecule has 0 aliphatic heterocycles. The standard InChI is InChI=1S/C22H24B2O5/c1-21(2,25)22(3,4)29-24(28)18-11-15-7-5-13-9-17(23(26)27)10-14-6-8-16(12-18)20(15)19(13)14/h5-12,25-28H,1-4H3. The fourth-order valence-electron chi connectivity index (χ4n) is 3.67. The smallest absolute Gasteiger partial charge is 0.423 e. The summed E-state index contributed by atoms with van der Waals surface area (Å²) in [5, 5.41) is 46.0. The van der Waals surface area contributed by atoms with Gasteiger partial charge in [0.1, 0.15) is 0 Å². The second kappa shape index (κ2) is 6.69. The van der Waals surface area contributed by atoms with Crippen molar-refractivity contribution < 1.29 is 24.8 Å². The number of rotatable bonds is 5. The number of hydrogen-bond acceptors (Lipinski definition) is 5. The number of aliphatic hydroxyl groups is 1. The molecule has 148 valence electrons. The summed E-state index contributed by atoms with van der Waals surface area (Å²) in [7, 11) is -2.70. The fraction of sp³-hybridized carbons (Fsp3) is 0.273. The predicted molar refractivity (Wildman–Crippen MR) is 119 cm³/mol.